The lowest BCUT2D eigenvalue weighted by Gasteiger charge is -2.35. The topological polar surface area (TPSA) is 58.6 Å². The molecule has 0 unspecified atom stereocenters. The average molecular weight is 431 g/mol. The van der Waals surface area contributed by atoms with E-state index in [2.05, 4.69) is 43.0 Å². The van der Waals surface area contributed by atoms with Gasteiger partial charge in [0.2, 0.25) is 11.0 Å². The molecule has 1 saturated heterocycles. The summed E-state index contributed by atoms with van der Waals surface area (Å²) in [5.74, 6) is 2.37. The number of anilines is 1. The third-order valence-corrected chi connectivity index (χ3v) is 6.16. The van der Waals surface area contributed by atoms with Crippen LogP contribution in [0, 0.1) is 11.3 Å². The van der Waals surface area contributed by atoms with Crippen LogP contribution >= 0.6 is 11.5 Å². The summed E-state index contributed by atoms with van der Waals surface area (Å²) in [5, 5.41) is 0.945. The van der Waals surface area contributed by atoms with Gasteiger partial charge in [-0.1, -0.05) is 39.8 Å². The quantitative estimate of drug-likeness (QED) is 0.657. The minimum Gasteiger partial charge on any atom is -0.497 e. The molecule has 6 nitrogen and oxygen atoms in total. The molecular weight excluding hydrogens is 396 g/mol. The number of benzene rings is 1. The van der Waals surface area contributed by atoms with Crippen LogP contribution in [0.5, 0.6) is 5.75 Å². The molecule has 1 aromatic heterocycles. The van der Waals surface area contributed by atoms with Gasteiger partial charge in [-0.15, -0.1) is 0 Å². The van der Waals surface area contributed by atoms with E-state index in [1.807, 2.05) is 23.1 Å². The molecule has 1 aliphatic heterocycles. The van der Waals surface area contributed by atoms with E-state index < -0.39 is 0 Å². The van der Waals surface area contributed by atoms with E-state index in [0.29, 0.717) is 18.8 Å². The van der Waals surface area contributed by atoms with Gasteiger partial charge < -0.3 is 14.5 Å². The standard InChI is InChI=1S/C23H34N4O2S/c1-17(16-23(2,3)4)13-21(28)26-9-11-27(12-10-26)22-24-20(25-30-22)15-18-7-6-8-19(14-18)29-5/h6-8,14,17H,9-13,15-16H2,1-5H3/t17-/m0/s1. The smallest absolute Gasteiger partial charge is 0.222 e. The summed E-state index contributed by atoms with van der Waals surface area (Å²) in [6.45, 7) is 12.0. The number of amides is 1. The van der Waals surface area contributed by atoms with Crippen molar-refractivity contribution in [3.8, 4) is 5.75 Å². The summed E-state index contributed by atoms with van der Waals surface area (Å²) in [7, 11) is 1.67. The highest BCUT2D eigenvalue weighted by Gasteiger charge is 2.25. The second kappa shape index (κ2) is 9.77. The molecule has 0 radical (unpaired) electrons. The van der Waals surface area contributed by atoms with Crippen molar-refractivity contribution in [3.63, 3.8) is 0 Å². The van der Waals surface area contributed by atoms with Crippen molar-refractivity contribution in [3.05, 3.63) is 35.7 Å². The lowest BCUT2D eigenvalue weighted by Crippen LogP contribution is -2.49. The molecule has 0 saturated carbocycles. The fraction of sp³-hybridized carbons (Fsp3) is 0.609. The van der Waals surface area contributed by atoms with Crippen molar-refractivity contribution in [2.45, 2.75) is 47.0 Å². The molecule has 7 heteroatoms. The summed E-state index contributed by atoms with van der Waals surface area (Å²) < 4.78 is 9.83. The molecule has 1 amide bonds. The monoisotopic (exact) mass is 430 g/mol. The van der Waals surface area contributed by atoms with Gasteiger partial charge in [-0.25, -0.2) is 4.98 Å². The number of carbonyl (C=O) groups excluding carboxylic acids is 1. The summed E-state index contributed by atoms with van der Waals surface area (Å²) in [4.78, 5) is 21.7. The van der Waals surface area contributed by atoms with Gasteiger partial charge in [-0.05, 0) is 35.4 Å². The molecule has 3 rings (SSSR count). The number of hydrogen-bond acceptors (Lipinski definition) is 6. The van der Waals surface area contributed by atoms with Crippen molar-refractivity contribution < 1.29 is 9.53 Å². The SMILES string of the molecule is COc1cccc(Cc2nsc(N3CCN(C(=O)C[C@H](C)CC(C)(C)C)CC3)n2)c1. The molecule has 0 aliphatic carbocycles. The van der Waals surface area contributed by atoms with Crippen LogP contribution in [0.3, 0.4) is 0 Å². The molecule has 1 aliphatic rings. The number of piperazine rings is 1. The fourth-order valence-electron chi connectivity index (χ4n) is 4.10. The average Bonchev–Trinajstić information content (AvgIpc) is 3.15. The number of aromatic nitrogens is 2. The molecule has 1 atom stereocenters. The van der Waals surface area contributed by atoms with E-state index in [-0.39, 0.29) is 11.3 Å². The molecule has 0 spiro atoms. The van der Waals surface area contributed by atoms with Crippen molar-refractivity contribution in [2.75, 3.05) is 38.2 Å². The van der Waals surface area contributed by atoms with Crippen LogP contribution < -0.4 is 9.64 Å². The zero-order chi connectivity index (χ0) is 21.7. The van der Waals surface area contributed by atoms with Gasteiger partial charge >= 0.3 is 0 Å². The van der Waals surface area contributed by atoms with Crippen molar-refractivity contribution in [1.82, 2.24) is 14.3 Å². The number of hydrogen-bond donors (Lipinski definition) is 0. The van der Waals surface area contributed by atoms with E-state index in [0.717, 1.165) is 54.9 Å². The van der Waals surface area contributed by atoms with Crippen LogP contribution in [0.1, 0.15) is 51.9 Å². The van der Waals surface area contributed by atoms with Gasteiger partial charge in [0.25, 0.3) is 0 Å². The van der Waals surface area contributed by atoms with Gasteiger partial charge in [0.05, 0.1) is 7.11 Å². The van der Waals surface area contributed by atoms with Crippen LogP contribution in [0.2, 0.25) is 0 Å². The van der Waals surface area contributed by atoms with Crippen LogP contribution in [0.15, 0.2) is 24.3 Å². The normalized spacial score (nSPS) is 15.9. The fourth-order valence-corrected chi connectivity index (χ4v) is 4.84. The molecular formula is C23H34N4O2S. The number of carbonyl (C=O) groups is 1. The summed E-state index contributed by atoms with van der Waals surface area (Å²) in [6.07, 6.45) is 2.40. The Morgan fingerprint density at radius 1 is 1.23 bits per heavy atom. The highest BCUT2D eigenvalue weighted by Crippen LogP contribution is 2.27. The minimum atomic E-state index is 0.263. The summed E-state index contributed by atoms with van der Waals surface area (Å²) in [6, 6.07) is 8.01. The number of ether oxygens (including phenoxy) is 1. The lowest BCUT2D eigenvalue weighted by atomic mass is 9.84. The van der Waals surface area contributed by atoms with Crippen molar-refractivity contribution >= 4 is 22.6 Å². The van der Waals surface area contributed by atoms with E-state index in [1.165, 1.54) is 11.5 Å². The zero-order valence-corrected chi connectivity index (χ0v) is 19.7. The molecule has 2 heterocycles. The summed E-state index contributed by atoms with van der Waals surface area (Å²) in [5.41, 5.74) is 1.40. The Kier molecular flexibility index (Phi) is 7.34. The number of nitrogens with zero attached hydrogens (tertiary/aromatic N) is 4. The largest absolute Gasteiger partial charge is 0.497 e. The molecule has 164 valence electrons. The molecule has 0 N–H and O–H groups in total. The molecule has 30 heavy (non-hydrogen) atoms. The Hall–Kier alpha value is -2.15. The van der Waals surface area contributed by atoms with Gasteiger partial charge in [0.1, 0.15) is 11.6 Å². The Morgan fingerprint density at radius 2 is 1.97 bits per heavy atom. The first kappa shape index (κ1) is 22.5. The number of rotatable bonds is 7. The Balaban J connectivity index is 1.50. The second-order valence-electron chi connectivity index (χ2n) is 9.46. The third-order valence-electron chi connectivity index (χ3n) is 5.34. The molecule has 1 fully saturated rings. The molecule has 1 aromatic carbocycles. The Labute approximate surface area is 184 Å². The van der Waals surface area contributed by atoms with E-state index in [9.17, 15) is 4.79 Å². The maximum atomic E-state index is 12.7. The van der Waals surface area contributed by atoms with Crippen LogP contribution in [0.4, 0.5) is 5.13 Å². The van der Waals surface area contributed by atoms with E-state index >= 15 is 0 Å². The van der Waals surface area contributed by atoms with Crippen molar-refractivity contribution in [2.24, 2.45) is 11.3 Å². The van der Waals surface area contributed by atoms with E-state index in [1.54, 1.807) is 7.11 Å². The maximum Gasteiger partial charge on any atom is 0.222 e. The van der Waals surface area contributed by atoms with Gasteiger partial charge in [-0.2, -0.15) is 4.37 Å². The highest BCUT2D eigenvalue weighted by molar-refractivity contribution is 7.09. The summed E-state index contributed by atoms with van der Waals surface area (Å²) >= 11 is 1.44. The predicted molar refractivity (Wildman–Crippen MR) is 122 cm³/mol. The minimum absolute atomic E-state index is 0.263. The highest BCUT2D eigenvalue weighted by atomic mass is 32.1. The number of methoxy groups -OCH3 is 1. The maximum absolute atomic E-state index is 12.7. The van der Waals surface area contributed by atoms with E-state index in [4.69, 9.17) is 9.72 Å². The molecule has 2 aromatic rings. The zero-order valence-electron chi connectivity index (χ0n) is 18.9. The Bertz CT molecular complexity index is 838. The van der Waals surface area contributed by atoms with Crippen LogP contribution in [-0.2, 0) is 11.2 Å². The lowest BCUT2D eigenvalue weighted by molar-refractivity contribution is -0.132. The predicted octanol–water partition coefficient (Wildman–Crippen LogP) is 4.25. The van der Waals surface area contributed by atoms with Crippen LogP contribution in [-0.4, -0.2) is 53.5 Å². The van der Waals surface area contributed by atoms with Crippen LogP contribution in [0.25, 0.3) is 0 Å². The first-order valence-corrected chi connectivity index (χ1v) is 11.5. The van der Waals surface area contributed by atoms with Gasteiger partial charge in [0.15, 0.2) is 0 Å². The second-order valence-corrected chi connectivity index (χ2v) is 10.2. The first-order chi connectivity index (χ1) is 14.2. The van der Waals surface area contributed by atoms with Gasteiger partial charge in [-0.3, -0.25) is 4.79 Å². The first-order valence-electron chi connectivity index (χ1n) is 10.7. The molecule has 0 bridgehead atoms. The van der Waals surface area contributed by atoms with Crippen molar-refractivity contribution in [1.29, 1.82) is 0 Å². The Morgan fingerprint density at radius 3 is 2.63 bits per heavy atom. The van der Waals surface area contributed by atoms with Gasteiger partial charge in [0, 0.05) is 50.6 Å². The third kappa shape index (κ3) is 6.42.